The molecule has 0 aliphatic rings. The fourth-order valence-electron chi connectivity index (χ4n) is 3.04. The molecule has 1 heterocycles. The standard InChI is InChI=1S/C21H15NO/c1-14(23)17-9-8-15-4-2-6-18(20(15)12-17)19-7-3-5-16-10-11-22-13-21(16)19/h2-13,23H,1H2. The van der Waals surface area contributed by atoms with E-state index in [1.165, 1.54) is 0 Å². The molecule has 0 aliphatic carbocycles. The van der Waals surface area contributed by atoms with Crippen molar-refractivity contribution in [3.63, 3.8) is 0 Å². The van der Waals surface area contributed by atoms with Crippen molar-refractivity contribution in [1.29, 1.82) is 0 Å². The Morgan fingerprint density at radius 1 is 0.826 bits per heavy atom. The molecule has 1 N–H and O–H groups in total. The molecule has 0 amide bonds. The van der Waals surface area contributed by atoms with Crippen molar-refractivity contribution < 1.29 is 5.11 Å². The molecule has 4 aromatic rings. The van der Waals surface area contributed by atoms with Crippen molar-refractivity contribution in [3.05, 3.63) is 85.2 Å². The second-order valence-electron chi connectivity index (χ2n) is 5.59. The lowest BCUT2D eigenvalue weighted by Gasteiger charge is -2.11. The van der Waals surface area contributed by atoms with Crippen LogP contribution < -0.4 is 0 Å². The third-order valence-electron chi connectivity index (χ3n) is 4.19. The fraction of sp³-hybridized carbons (Fsp3) is 0. The lowest BCUT2D eigenvalue weighted by atomic mass is 9.94. The molecule has 0 bridgehead atoms. The summed E-state index contributed by atoms with van der Waals surface area (Å²) in [6.07, 6.45) is 3.71. The highest BCUT2D eigenvalue weighted by molar-refractivity contribution is 6.05. The molecule has 110 valence electrons. The molecule has 0 unspecified atom stereocenters. The van der Waals surface area contributed by atoms with E-state index in [2.05, 4.69) is 48.0 Å². The van der Waals surface area contributed by atoms with Crippen LogP contribution in [-0.2, 0) is 0 Å². The summed E-state index contributed by atoms with van der Waals surface area (Å²) in [7, 11) is 0. The molecule has 4 rings (SSSR count). The van der Waals surface area contributed by atoms with Gasteiger partial charge in [0.15, 0.2) is 0 Å². The molecule has 1 aromatic heterocycles. The second kappa shape index (κ2) is 5.25. The number of fused-ring (bicyclic) bond motifs is 2. The molecule has 23 heavy (non-hydrogen) atoms. The van der Waals surface area contributed by atoms with Crippen LogP contribution in [0.5, 0.6) is 0 Å². The van der Waals surface area contributed by atoms with Crippen LogP contribution in [0, 0.1) is 0 Å². The summed E-state index contributed by atoms with van der Waals surface area (Å²) < 4.78 is 0. The summed E-state index contributed by atoms with van der Waals surface area (Å²) in [5, 5.41) is 14.2. The van der Waals surface area contributed by atoms with Gasteiger partial charge in [-0.3, -0.25) is 4.98 Å². The van der Waals surface area contributed by atoms with E-state index < -0.39 is 0 Å². The number of hydrogen-bond acceptors (Lipinski definition) is 2. The summed E-state index contributed by atoms with van der Waals surface area (Å²) >= 11 is 0. The first-order chi connectivity index (χ1) is 11.2. The smallest absolute Gasteiger partial charge is 0.115 e. The van der Waals surface area contributed by atoms with Gasteiger partial charge in [0.2, 0.25) is 0 Å². The van der Waals surface area contributed by atoms with Gasteiger partial charge >= 0.3 is 0 Å². The van der Waals surface area contributed by atoms with Gasteiger partial charge < -0.3 is 5.11 Å². The number of nitrogens with zero attached hydrogens (tertiary/aromatic N) is 1. The first kappa shape index (κ1) is 13.5. The minimum absolute atomic E-state index is 0.0845. The zero-order chi connectivity index (χ0) is 15.8. The number of benzene rings is 3. The largest absolute Gasteiger partial charge is 0.508 e. The van der Waals surface area contributed by atoms with Gasteiger partial charge in [-0.2, -0.15) is 0 Å². The predicted octanol–water partition coefficient (Wildman–Crippen LogP) is 5.58. The quantitative estimate of drug-likeness (QED) is 0.490. The summed E-state index contributed by atoms with van der Waals surface area (Å²) in [6.45, 7) is 3.63. The van der Waals surface area contributed by atoms with Crippen LogP contribution >= 0.6 is 0 Å². The molecular weight excluding hydrogens is 282 g/mol. The van der Waals surface area contributed by atoms with Gasteiger partial charge in [-0.1, -0.05) is 55.1 Å². The van der Waals surface area contributed by atoms with E-state index >= 15 is 0 Å². The number of pyridine rings is 1. The molecule has 0 aliphatic heterocycles. The molecule has 3 aromatic carbocycles. The summed E-state index contributed by atoms with van der Waals surface area (Å²) in [6, 6.07) is 20.4. The SMILES string of the molecule is C=C(O)c1ccc2cccc(-c3cccc4ccncc34)c2c1. The van der Waals surface area contributed by atoms with Crippen molar-refractivity contribution in [2.45, 2.75) is 0 Å². The van der Waals surface area contributed by atoms with E-state index in [-0.39, 0.29) is 5.76 Å². The van der Waals surface area contributed by atoms with Crippen LogP contribution in [0.4, 0.5) is 0 Å². The minimum atomic E-state index is 0.0845. The van der Waals surface area contributed by atoms with Gasteiger partial charge in [-0.15, -0.1) is 0 Å². The molecule has 0 atom stereocenters. The topological polar surface area (TPSA) is 33.1 Å². The molecule has 2 nitrogen and oxygen atoms in total. The van der Waals surface area contributed by atoms with Crippen molar-refractivity contribution in [2.24, 2.45) is 0 Å². The Labute approximate surface area is 134 Å². The van der Waals surface area contributed by atoms with Crippen LogP contribution in [0.25, 0.3) is 38.4 Å². The number of hydrogen-bond donors (Lipinski definition) is 1. The summed E-state index contributed by atoms with van der Waals surface area (Å²) in [5.41, 5.74) is 3.01. The van der Waals surface area contributed by atoms with Crippen LogP contribution in [0.2, 0.25) is 0 Å². The van der Waals surface area contributed by atoms with Gasteiger partial charge in [-0.25, -0.2) is 0 Å². The summed E-state index contributed by atoms with van der Waals surface area (Å²) in [4.78, 5) is 4.27. The highest BCUT2D eigenvalue weighted by atomic mass is 16.3. The fourth-order valence-corrected chi connectivity index (χ4v) is 3.04. The Bertz CT molecular complexity index is 1040. The Morgan fingerprint density at radius 3 is 2.26 bits per heavy atom. The van der Waals surface area contributed by atoms with Gasteiger partial charge in [0.25, 0.3) is 0 Å². The second-order valence-corrected chi connectivity index (χ2v) is 5.59. The van der Waals surface area contributed by atoms with Crippen LogP contribution in [0.15, 0.2) is 79.6 Å². The average molecular weight is 297 g/mol. The van der Waals surface area contributed by atoms with E-state index in [4.69, 9.17) is 0 Å². The lowest BCUT2D eigenvalue weighted by Crippen LogP contribution is -1.87. The van der Waals surface area contributed by atoms with E-state index in [1.54, 1.807) is 0 Å². The van der Waals surface area contributed by atoms with Gasteiger partial charge in [0, 0.05) is 23.3 Å². The maximum absolute atomic E-state index is 9.71. The highest BCUT2D eigenvalue weighted by Gasteiger charge is 2.09. The molecule has 0 spiro atoms. The van der Waals surface area contributed by atoms with E-state index in [0.717, 1.165) is 38.2 Å². The van der Waals surface area contributed by atoms with Crippen molar-refractivity contribution >= 4 is 27.3 Å². The molecule has 0 saturated carbocycles. The molecule has 2 heteroatoms. The Kier molecular flexibility index (Phi) is 3.09. The van der Waals surface area contributed by atoms with Crippen molar-refractivity contribution in [3.8, 4) is 11.1 Å². The van der Waals surface area contributed by atoms with Crippen LogP contribution in [0.3, 0.4) is 0 Å². The zero-order valence-corrected chi connectivity index (χ0v) is 12.5. The van der Waals surface area contributed by atoms with E-state index in [0.29, 0.717) is 0 Å². The maximum atomic E-state index is 9.71. The number of aliphatic hydroxyl groups excluding tert-OH is 1. The number of aromatic nitrogens is 1. The monoisotopic (exact) mass is 297 g/mol. The van der Waals surface area contributed by atoms with Crippen LogP contribution in [-0.4, -0.2) is 10.1 Å². The first-order valence-corrected chi connectivity index (χ1v) is 7.48. The molecular formula is C21H15NO. The van der Waals surface area contributed by atoms with Gasteiger partial charge in [0.05, 0.1) is 0 Å². The highest BCUT2D eigenvalue weighted by Crippen LogP contribution is 2.34. The third kappa shape index (κ3) is 2.25. The Hall–Kier alpha value is -3.13. The maximum Gasteiger partial charge on any atom is 0.115 e. The van der Waals surface area contributed by atoms with Crippen molar-refractivity contribution in [2.75, 3.05) is 0 Å². The molecule has 0 fully saturated rings. The first-order valence-electron chi connectivity index (χ1n) is 7.48. The molecule has 0 radical (unpaired) electrons. The van der Waals surface area contributed by atoms with Crippen molar-refractivity contribution in [1.82, 2.24) is 4.98 Å². The molecule has 0 saturated heterocycles. The van der Waals surface area contributed by atoms with Gasteiger partial charge in [-0.05, 0) is 39.4 Å². The van der Waals surface area contributed by atoms with E-state index in [1.807, 2.05) is 36.7 Å². The lowest BCUT2D eigenvalue weighted by molar-refractivity contribution is 0.514. The Morgan fingerprint density at radius 2 is 1.52 bits per heavy atom. The predicted molar refractivity (Wildman–Crippen MR) is 96.3 cm³/mol. The minimum Gasteiger partial charge on any atom is -0.508 e. The number of aliphatic hydroxyl groups is 1. The normalized spacial score (nSPS) is 11.0. The van der Waals surface area contributed by atoms with Crippen LogP contribution in [0.1, 0.15) is 5.56 Å². The number of rotatable bonds is 2. The summed E-state index contributed by atoms with van der Waals surface area (Å²) in [5.74, 6) is 0.0845. The van der Waals surface area contributed by atoms with Gasteiger partial charge in [0.1, 0.15) is 5.76 Å². The average Bonchev–Trinajstić information content (AvgIpc) is 2.60. The Balaban J connectivity index is 2.08. The third-order valence-corrected chi connectivity index (χ3v) is 4.19. The zero-order valence-electron chi connectivity index (χ0n) is 12.5. The van der Waals surface area contributed by atoms with E-state index in [9.17, 15) is 5.11 Å².